The average Bonchev–Trinajstić information content (AvgIpc) is 2.46. The van der Waals surface area contributed by atoms with E-state index in [0.717, 1.165) is 6.54 Å². The van der Waals surface area contributed by atoms with Gasteiger partial charge in [-0.3, -0.25) is 4.79 Å². The molecule has 1 amide bonds. The van der Waals surface area contributed by atoms with E-state index in [9.17, 15) is 14.7 Å². The second kappa shape index (κ2) is 7.02. The van der Waals surface area contributed by atoms with Crippen molar-refractivity contribution in [3.05, 3.63) is 35.9 Å². The largest absolute Gasteiger partial charge is 0.479 e. The molecule has 0 aromatic heterocycles. The lowest BCUT2D eigenvalue weighted by molar-refractivity contribution is -0.142. The van der Waals surface area contributed by atoms with E-state index in [1.54, 1.807) is 30.3 Å². The molecule has 3 N–H and O–H groups in total. The zero-order valence-corrected chi connectivity index (χ0v) is 11.0. The van der Waals surface area contributed by atoms with Gasteiger partial charge in [-0.15, -0.1) is 0 Å². The zero-order chi connectivity index (χ0) is 14.4. The van der Waals surface area contributed by atoms with Gasteiger partial charge < -0.3 is 20.5 Å². The molecular weight excluding hydrogens is 260 g/mol. The molecule has 0 aliphatic carbocycles. The number of nitrogens with one attached hydrogen (secondary N) is 2. The summed E-state index contributed by atoms with van der Waals surface area (Å²) in [7, 11) is 0. The van der Waals surface area contributed by atoms with Crippen molar-refractivity contribution in [2.75, 3.05) is 19.7 Å². The van der Waals surface area contributed by atoms with Crippen LogP contribution in [0.4, 0.5) is 0 Å². The third-order valence-electron chi connectivity index (χ3n) is 3.10. The fourth-order valence-corrected chi connectivity index (χ4v) is 2.11. The van der Waals surface area contributed by atoms with Crippen LogP contribution in [0.5, 0.6) is 0 Å². The first-order valence-corrected chi connectivity index (χ1v) is 6.56. The minimum atomic E-state index is -1.08. The van der Waals surface area contributed by atoms with Crippen molar-refractivity contribution in [2.45, 2.75) is 18.6 Å². The van der Waals surface area contributed by atoms with E-state index in [1.807, 2.05) is 0 Å². The van der Waals surface area contributed by atoms with Crippen LogP contribution in [0.15, 0.2) is 30.3 Å². The number of benzene rings is 1. The number of hydrogen-bond acceptors (Lipinski definition) is 4. The molecule has 20 heavy (non-hydrogen) atoms. The molecule has 2 rings (SSSR count). The fourth-order valence-electron chi connectivity index (χ4n) is 2.11. The van der Waals surface area contributed by atoms with Crippen LogP contribution in [-0.4, -0.2) is 42.8 Å². The molecule has 1 aromatic rings. The second-order valence-electron chi connectivity index (χ2n) is 4.65. The third kappa shape index (κ3) is 4.04. The van der Waals surface area contributed by atoms with Gasteiger partial charge in [-0.25, -0.2) is 4.79 Å². The summed E-state index contributed by atoms with van der Waals surface area (Å²) in [5, 5.41) is 14.9. The highest BCUT2D eigenvalue weighted by molar-refractivity contribution is 5.84. The Morgan fingerprint density at radius 2 is 2.15 bits per heavy atom. The molecule has 1 aliphatic rings. The summed E-state index contributed by atoms with van der Waals surface area (Å²) in [6.07, 6.45) is -0.0437. The lowest BCUT2D eigenvalue weighted by Crippen LogP contribution is -2.42. The third-order valence-corrected chi connectivity index (χ3v) is 3.10. The van der Waals surface area contributed by atoms with E-state index in [0.29, 0.717) is 18.7 Å². The molecule has 0 radical (unpaired) electrons. The first kappa shape index (κ1) is 14.5. The van der Waals surface area contributed by atoms with Gasteiger partial charge in [0, 0.05) is 13.1 Å². The first-order valence-electron chi connectivity index (χ1n) is 6.56. The molecule has 6 nitrogen and oxygen atoms in total. The van der Waals surface area contributed by atoms with Crippen molar-refractivity contribution in [3.8, 4) is 0 Å². The number of rotatable bonds is 5. The van der Waals surface area contributed by atoms with Gasteiger partial charge in [0.05, 0.1) is 19.1 Å². The molecule has 0 bridgehead atoms. The number of carboxylic acids is 1. The van der Waals surface area contributed by atoms with Gasteiger partial charge in [0.25, 0.3) is 0 Å². The molecule has 0 saturated carbocycles. The lowest BCUT2D eigenvalue weighted by Gasteiger charge is -2.24. The predicted molar refractivity (Wildman–Crippen MR) is 72.2 cm³/mol. The van der Waals surface area contributed by atoms with Crippen LogP contribution < -0.4 is 10.6 Å². The minimum Gasteiger partial charge on any atom is -0.479 e. The smallest absolute Gasteiger partial charge is 0.330 e. The monoisotopic (exact) mass is 278 g/mol. The van der Waals surface area contributed by atoms with Crippen LogP contribution in [0.1, 0.15) is 18.0 Å². The molecule has 1 aliphatic heterocycles. The number of carbonyl (C=O) groups excluding carboxylic acids is 1. The topological polar surface area (TPSA) is 87.7 Å². The van der Waals surface area contributed by atoms with Crippen molar-refractivity contribution < 1.29 is 19.4 Å². The van der Waals surface area contributed by atoms with Crippen LogP contribution in [0, 0.1) is 0 Å². The Balaban J connectivity index is 1.94. The van der Waals surface area contributed by atoms with Gasteiger partial charge in [-0.1, -0.05) is 30.3 Å². The Morgan fingerprint density at radius 1 is 1.40 bits per heavy atom. The molecule has 1 saturated heterocycles. The molecule has 6 heteroatoms. The lowest BCUT2D eigenvalue weighted by atomic mass is 10.1. The summed E-state index contributed by atoms with van der Waals surface area (Å²) in [4.78, 5) is 23.2. The number of aliphatic carboxylic acids is 1. The number of morpholine rings is 1. The van der Waals surface area contributed by atoms with Crippen molar-refractivity contribution in [2.24, 2.45) is 0 Å². The quantitative estimate of drug-likeness (QED) is 0.721. The molecule has 1 unspecified atom stereocenters. The van der Waals surface area contributed by atoms with Gasteiger partial charge in [0.1, 0.15) is 0 Å². The van der Waals surface area contributed by atoms with Crippen LogP contribution >= 0.6 is 0 Å². The van der Waals surface area contributed by atoms with Gasteiger partial charge in [0.15, 0.2) is 6.04 Å². The summed E-state index contributed by atoms with van der Waals surface area (Å²) < 4.78 is 5.43. The molecular formula is C14H18N2O4. The van der Waals surface area contributed by atoms with Crippen molar-refractivity contribution in [3.63, 3.8) is 0 Å². The summed E-state index contributed by atoms with van der Waals surface area (Å²) in [6.45, 7) is 1.95. The molecule has 108 valence electrons. The summed E-state index contributed by atoms with van der Waals surface area (Å²) in [6, 6.07) is 7.61. The number of ether oxygens (including phenoxy) is 1. The van der Waals surface area contributed by atoms with E-state index in [4.69, 9.17) is 4.74 Å². The highest BCUT2D eigenvalue weighted by atomic mass is 16.5. The molecule has 0 spiro atoms. The SMILES string of the molecule is O=C(CC1CNCCO1)N[C@H](C(=O)O)c1ccccc1. The van der Waals surface area contributed by atoms with E-state index < -0.39 is 12.0 Å². The van der Waals surface area contributed by atoms with Gasteiger partial charge in [-0.05, 0) is 5.56 Å². The molecule has 1 aromatic carbocycles. The zero-order valence-electron chi connectivity index (χ0n) is 11.0. The summed E-state index contributed by atoms with van der Waals surface area (Å²) >= 11 is 0. The Hall–Kier alpha value is -1.92. The van der Waals surface area contributed by atoms with Crippen LogP contribution in [0.25, 0.3) is 0 Å². The maximum atomic E-state index is 11.9. The number of hydrogen-bond donors (Lipinski definition) is 3. The van der Waals surface area contributed by atoms with Crippen molar-refractivity contribution >= 4 is 11.9 Å². The highest BCUT2D eigenvalue weighted by Crippen LogP contribution is 2.13. The maximum Gasteiger partial charge on any atom is 0.330 e. The highest BCUT2D eigenvalue weighted by Gasteiger charge is 2.24. The number of carboxylic acid groups (broad SMARTS) is 1. The van der Waals surface area contributed by atoms with Crippen molar-refractivity contribution in [1.29, 1.82) is 0 Å². The first-order chi connectivity index (χ1) is 9.66. The number of carbonyl (C=O) groups is 2. The van der Waals surface area contributed by atoms with Crippen LogP contribution in [0.2, 0.25) is 0 Å². The second-order valence-corrected chi connectivity index (χ2v) is 4.65. The molecule has 1 fully saturated rings. The molecule has 1 heterocycles. The fraction of sp³-hybridized carbons (Fsp3) is 0.429. The molecule has 2 atom stereocenters. The van der Waals surface area contributed by atoms with Gasteiger partial charge >= 0.3 is 5.97 Å². The Morgan fingerprint density at radius 3 is 2.75 bits per heavy atom. The Bertz CT molecular complexity index is 458. The van der Waals surface area contributed by atoms with E-state index in [1.165, 1.54) is 0 Å². The minimum absolute atomic E-state index is 0.156. The predicted octanol–water partition coefficient (Wildman–Crippen LogP) is 0.307. The normalized spacial score (nSPS) is 20.1. The van der Waals surface area contributed by atoms with E-state index >= 15 is 0 Å². The van der Waals surface area contributed by atoms with E-state index in [-0.39, 0.29) is 18.4 Å². The number of amides is 1. The van der Waals surface area contributed by atoms with Crippen molar-refractivity contribution in [1.82, 2.24) is 10.6 Å². The average molecular weight is 278 g/mol. The Kier molecular flexibility index (Phi) is 5.09. The maximum absolute atomic E-state index is 11.9. The van der Waals surface area contributed by atoms with E-state index in [2.05, 4.69) is 10.6 Å². The summed E-state index contributed by atoms with van der Waals surface area (Å²) in [5.74, 6) is -1.40. The Labute approximate surface area is 117 Å². The summed E-state index contributed by atoms with van der Waals surface area (Å²) in [5.41, 5.74) is 0.552. The van der Waals surface area contributed by atoms with Crippen LogP contribution in [0.3, 0.4) is 0 Å². The van der Waals surface area contributed by atoms with Gasteiger partial charge in [-0.2, -0.15) is 0 Å². The van der Waals surface area contributed by atoms with Gasteiger partial charge in [0.2, 0.25) is 5.91 Å². The standard InChI is InChI=1S/C14H18N2O4/c17-12(8-11-9-15-6-7-20-11)16-13(14(18)19)10-4-2-1-3-5-10/h1-5,11,13,15H,6-9H2,(H,16,17)(H,18,19)/t11?,13-/m0/s1. The van der Waals surface area contributed by atoms with Crippen LogP contribution in [-0.2, 0) is 14.3 Å².